The Morgan fingerprint density at radius 3 is 2.55 bits per heavy atom. The molecule has 0 saturated carbocycles. The Bertz CT molecular complexity index is 1250. The molecule has 1 saturated heterocycles. The number of nitrogens with one attached hydrogen (secondary N) is 1. The van der Waals surface area contributed by atoms with Crippen LogP contribution in [0.15, 0.2) is 59.5 Å². The average Bonchev–Trinajstić information content (AvgIpc) is 2.82. The fraction of sp³-hybridized carbons (Fsp3) is 0.333. The van der Waals surface area contributed by atoms with E-state index in [0.29, 0.717) is 5.75 Å². The van der Waals surface area contributed by atoms with Gasteiger partial charge >= 0.3 is 0 Å². The predicted molar refractivity (Wildman–Crippen MR) is 122 cm³/mol. The van der Waals surface area contributed by atoms with Crippen LogP contribution < -0.4 is 10.2 Å². The molecule has 1 fully saturated rings. The zero-order valence-electron chi connectivity index (χ0n) is 18.3. The van der Waals surface area contributed by atoms with Crippen molar-refractivity contribution in [2.45, 2.75) is 31.3 Å². The van der Waals surface area contributed by atoms with Crippen molar-refractivity contribution in [3.63, 3.8) is 0 Å². The van der Waals surface area contributed by atoms with Crippen molar-refractivity contribution in [2.75, 3.05) is 19.0 Å². The summed E-state index contributed by atoms with van der Waals surface area (Å²) in [5.41, 5.74) is 2.92. The number of rotatable bonds is 7. The van der Waals surface area contributed by atoms with Crippen LogP contribution >= 0.6 is 0 Å². The third kappa shape index (κ3) is 5.00. The molecule has 1 amide bonds. The van der Waals surface area contributed by atoms with E-state index < -0.39 is 26.9 Å². The van der Waals surface area contributed by atoms with Crippen LogP contribution in [0.2, 0.25) is 0 Å². The van der Waals surface area contributed by atoms with Crippen molar-refractivity contribution in [1.29, 1.82) is 0 Å². The summed E-state index contributed by atoms with van der Waals surface area (Å²) in [6, 6.07) is 16.0. The van der Waals surface area contributed by atoms with Crippen LogP contribution in [0, 0.1) is 12.3 Å². The van der Waals surface area contributed by atoms with Gasteiger partial charge in [0.2, 0.25) is 0 Å². The van der Waals surface area contributed by atoms with Gasteiger partial charge in [0.05, 0.1) is 21.6 Å². The van der Waals surface area contributed by atoms with Crippen LogP contribution in [0.25, 0.3) is 10.9 Å². The standard InChI is InChI=1S/C24H26N2O6S/c1-17-14-22(20-4-2-3-5-21(20)25-17)32-15-18-6-8-19(9-7-18)33(29,30)16-24(23(27)26-28)10-12-31-13-11-24/h2-9,14,28H,10-13,15-16H2,1H3,(H,26,27). The number of hydrogen-bond acceptors (Lipinski definition) is 7. The van der Waals surface area contributed by atoms with Gasteiger partial charge in [0.1, 0.15) is 12.4 Å². The number of hydroxylamine groups is 1. The second-order valence-electron chi connectivity index (χ2n) is 8.30. The number of para-hydroxylation sites is 1. The maximum atomic E-state index is 13.1. The minimum Gasteiger partial charge on any atom is -0.488 e. The molecule has 3 aromatic rings. The Morgan fingerprint density at radius 2 is 1.85 bits per heavy atom. The Balaban J connectivity index is 1.49. The summed E-state index contributed by atoms with van der Waals surface area (Å²) >= 11 is 0. The topological polar surface area (TPSA) is 115 Å². The number of hydrogen-bond donors (Lipinski definition) is 2. The number of benzene rings is 2. The summed E-state index contributed by atoms with van der Waals surface area (Å²) in [6.07, 6.45) is 0.452. The molecule has 174 valence electrons. The second kappa shape index (κ2) is 9.46. The van der Waals surface area contributed by atoms with Crippen LogP contribution in [0.1, 0.15) is 24.1 Å². The van der Waals surface area contributed by atoms with Crippen molar-refractivity contribution in [3.05, 3.63) is 65.9 Å². The largest absolute Gasteiger partial charge is 0.488 e. The quantitative estimate of drug-likeness (QED) is 0.402. The molecule has 0 bridgehead atoms. The molecule has 0 spiro atoms. The predicted octanol–water partition coefficient (Wildman–Crippen LogP) is 3.20. The third-order valence-corrected chi connectivity index (χ3v) is 7.91. The summed E-state index contributed by atoms with van der Waals surface area (Å²) in [5, 5.41) is 10.0. The molecule has 0 atom stereocenters. The average molecular weight is 471 g/mol. The zero-order valence-corrected chi connectivity index (χ0v) is 19.1. The van der Waals surface area contributed by atoms with Crippen molar-refractivity contribution in [2.24, 2.45) is 5.41 Å². The van der Waals surface area contributed by atoms with E-state index in [0.717, 1.165) is 22.2 Å². The number of pyridine rings is 1. The molecule has 0 unspecified atom stereocenters. The highest BCUT2D eigenvalue weighted by molar-refractivity contribution is 7.91. The highest BCUT2D eigenvalue weighted by Gasteiger charge is 2.44. The Morgan fingerprint density at radius 1 is 1.15 bits per heavy atom. The first-order valence-electron chi connectivity index (χ1n) is 10.7. The fourth-order valence-corrected chi connectivity index (χ4v) is 5.97. The van der Waals surface area contributed by atoms with Crippen LogP contribution in [-0.4, -0.2) is 43.5 Å². The van der Waals surface area contributed by atoms with Gasteiger partial charge in [-0.25, -0.2) is 13.9 Å². The van der Waals surface area contributed by atoms with Gasteiger partial charge in [0.15, 0.2) is 9.84 Å². The van der Waals surface area contributed by atoms with E-state index in [-0.39, 0.29) is 37.6 Å². The van der Waals surface area contributed by atoms with E-state index in [9.17, 15) is 13.2 Å². The van der Waals surface area contributed by atoms with E-state index in [4.69, 9.17) is 14.7 Å². The molecule has 8 nitrogen and oxygen atoms in total. The zero-order chi connectivity index (χ0) is 23.5. The van der Waals surface area contributed by atoms with Gasteiger partial charge in [-0.15, -0.1) is 0 Å². The van der Waals surface area contributed by atoms with E-state index in [1.54, 1.807) is 17.6 Å². The summed E-state index contributed by atoms with van der Waals surface area (Å²) in [7, 11) is -3.77. The molecule has 0 aliphatic carbocycles. The highest BCUT2D eigenvalue weighted by atomic mass is 32.2. The Kier molecular flexibility index (Phi) is 6.64. The molecule has 0 radical (unpaired) electrons. The summed E-state index contributed by atoms with van der Waals surface area (Å²) in [5.74, 6) is -0.376. The monoisotopic (exact) mass is 470 g/mol. The lowest BCUT2D eigenvalue weighted by atomic mass is 9.81. The van der Waals surface area contributed by atoms with Gasteiger partial charge in [0.25, 0.3) is 5.91 Å². The second-order valence-corrected chi connectivity index (χ2v) is 10.3. The third-order valence-electron chi connectivity index (χ3n) is 5.98. The van der Waals surface area contributed by atoms with E-state index in [2.05, 4.69) is 4.98 Å². The van der Waals surface area contributed by atoms with Crippen LogP contribution in [0.3, 0.4) is 0 Å². The highest BCUT2D eigenvalue weighted by Crippen LogP contribution is 2.34. The molecule has 2 N–H and O–H groups in total. The molecule has 1 aromatic heterocycles. The molecule has 9 heteroatoms. The van der Waals surface area contributed by atoms with Crippen molar-refractivity contribution >= 4 is 26.6 Å². The van der Waals surface area contributed by atoms with Crippen molar-refractivity contribution < 1.29 is 27.9 Å². The lowest BCUT2D eigenvalue weighted by Gasteiger charge is -2.34. The van der Waals surface area contributed by atoms with Crippen LogP contribution in [0.5, 0.6) is 5.75 Å². The van der Waals surface area contributed by atoms with Crippen molar-refractivity contribution in [1.82, 2.24) is 10.5 Å². The number of carbonyl (C=O) groups excluding carboxylic acids is 1. The minimum atomic E-state index is -3.77. The molecule has 1 aliphatic rings. The molecular formula is C24H26N2O6S. The Labute approximate surface area is 192 Å². The van der Waals surface area contributed by atoms with E-state index >= 15 is 0 Å². The number of amides is 1. The van der Waals surface area contributed by atoms with Gasteiger partial charge < -0.3 is 9.47 Å². The lowest BCUT2D eigenvalue weighted by molar-refractivity contribution is -0.143. The molecule has 1 aliphatic heterocycles. The van der Waals surface area contributed by atoms with Gasteiger partial charge in [-0.2, -0.15) is 0 Å². The maximum Gasteiger partial charge on any atom is 0.250 e. The first-order valence-corrected chi connectivity index (χ1v) is 12.3. The fourth-order valence-electron chi connectivity index (χ4n) is 4.11. The molecular weight excluding hydrogens is 444 g/mol. The molecule has 2 heterocycles. The maximum absolute atomic E-state index is 13.1. The summed E-state index contributed by atoms with van der Waals surface area (Å²) in [4.78, 5) is 16.9. The summed E-state index contributed by atoms with van der Waals surface area (Å²) < 4.78 is 37.4. The molecule has 4 rings (SSSR count). The Hall–Kier alpha value is -3.01. The van der Waals surface area contributed by atoms with E-state index in [1.807, 2.05) is 37.3 Å². The first-order chi connectivity index (χ1) is 15.8. The van der Waals surface area contributed by atoms with Gasteiger partial charge in [-0.1, -0.05) is 24.3 Å². The number of nitrogens with zero attached hydrogens (tertiary/aromatic N) is 1. The number of ether oxygens (including phenoxy) is 2. The van der Waals surface area contributed by atoms with Gasteiger partial charge in [-0.3, -0.25) is 15.0 Å². The van der Waals surface area contributed by atoms with E-state index in [1.165, 1.54) is 12.1 Å². The van der Waals surface area contributed by atoms with Gasteiger partial charge in [-0.05, 0) is 49.6 Å². The molecule has 33 heavy (non-hydrogen) atoms. The van der Waals surface area contributed by atoms with Crippen LogP contribution in [0.4, 0.5) is 0 Å². The number of aryl methyl sites for hydroxylation is 1. The molecule has 2 aromatic carbocycles. The van der Waals surface area contributed by atoms with Crippen molar-refractivity contribution in [3.8, 4) is 5.75 Å². The number of carbonyl (C=O) groups is 1. The number of sulfone groups is 1. The lowest BCUT2D eigenvalue weighted by Crippen LogP contribution is -2.47. The van der Waals surface area contributed by atoms with Gasteiger partial charge in [0, 0.05) is 30.4 Å². The number of aromatic nitrogens is 1. The smallest absolute Gasteiger partial charge is 0.250 e. The van der Waals surface area contributed by atoms with Crippen LogP contribution in [-0.2, 0) is 26.0 Å². The summed E-state index contributed by atoms with van der Waals surface area (Å²) in [6.45, 7) is 2.70. The SMILES string of the molecule is Cc1cc(OCc2ccc(S(=O)(=O)CC3(C(=O)NO)CCOCC3)cc2)c2ccccc2n1. The minimum absolute atomic E-state index is 0.119. The normalized spacial score (nSPS) is 15.8. The number of fused-ring (bicyclic) bond motifs is 1. The first kappa shape index (κ1) is 23.2.